The topological polar surface area (TPSA) is 18.5 Å². The highest BCUT2D eigenvalue weighted by Crippen LogP contribution is 2.50. The molecule has 2 rings (SSSR count). The van der Waals surface area contributed by atoms with Crippen molar-refractivity contribution in [2.24, 2.45) is 5.92 Å². The molecule has 2 atom stereocenters. The van der Waals surface area contributed by atoms with Crippen molar-refractivity contribution in [3.8, 4) is 5.75 Å². The molecule has 0 radical (unpaired) electrons. The molecule has 2 heteroatoms. The molecule has 0 spiro atoms. The summed E-state index contributed by atoms with van der Waals surface area (Å²) in [6.07, 6.45) is 9.39. The van der Waals surface area contributed by atoms with E-state index in [1.54, 1.807) is 7.11 Å². The second-order valence-electron chi connectivity index (χ2n) is 5.31. The maximum absolute atomic E-state index is 5.71. The summed E-state index contributed by atoms with van der Waals surface area (Å²) in [4.78, 5) is 0. The average molecular weight is 260 g/mol. The third-order valence-electron chi connectivity index (χ3n) is 4.06. The van der Waals surface area contributed by atoms with Gasteiger partial charge in [0.05, 0.1) is 12.7 Å². The van der Waals surface area contributed by atoms with Crippen molar-refractivity contribution < 1.29 is 9.47 Å². The van der Waals surface area contributed by atoms with E-state index in [1.807, 2.05) is 19.2 Å². The van der Waals surface area contributed by atoms with Gasteiger partial charge in [-0.05, 0) is 36.5 Å². The fourth-order valence-electron chi connectivity index (χ4n) is 2.60. The SMILES string of the molecule is CCCC[C@@H]1C[C@]1(/C=C/c1ccc(OC)cc1)OC. The van der Waals surface area contributed by atoms with Crippen LogP contribution in [0.3, 0.4) is 0 Å². The van der Waals surface area contributed by atoms with Crippen LogP contribution in [0.5, 0.6) is 5.75 Å². The molecule has 19 heavy (non-hydrogen) atoms. The molecular weight excluding hydrogens is 236 g/mol. The number of rotatable bonds is 7. The van der Waals surface area contributed by atoms with E-state index in [4.69, 9.17) is 9.47 Å². The Hall–Kier alpha value is -1.28. The lowest BCUT2D eigenvalue weighted by atomic mass is 10.1. The van der Waals surface area contributed by atoms with Gasteiger partial charge in [0.2, 0.25) is 0 Å². The van der Waals surface area contributed by atoms with Crippen LogP contribution in [0.2, 0.25) is 0 Å². The van der Waals surface area contributed by atoms with Crippen LogP contribution in [0.25, 0.3) is 6.08 Å². The standard InChI is InChI=1S/C17H24O2/c1-4-5-6-15-13-17(15,19-3)12-11-14-7-9-16(18-2)10-8-14/h7-12,15H,4-6,13H2,1-3H3/b12-11+/t15-,17+/m1/s1. The smallest absolute Gasteiger partial charge is 0.118 e. The summed E-state index contributed by atoms with van der Waals surface area (Å²) in [6.45, 7) is 2.24. The van der Waals surface area contributed by atoms with E-state index in [1.165, 1.54) is 24.8 Å². The van der Waals surface area contributed by atoms with E-state index in [0.29, 0.717) is 5.92 Å². The van der Waals surface area contributed by atoms with E-state index in [-0.39, 0.29) is 5.60 Å². The van der Waals surface area contributed by atoms with Gasteiger partial charge in [0.15, 0.2) is 0 Å². The molecular formula is C17H24O2. The molecule has 1 aliphatic rings. The third-order valence-corrected chi connectivity index (χ3v) is 4.06. The van der Waals surface area contributed by atoms with Gasteiger partial charge in [-0.25, -0.2) is 0 Å². The maximum atomic E-state index is 5.71. The summed E-state index contributed by atoms with van der Waals surface area (Å²) >= 11 is 0. The molecule has 1 saturated carbocycles. The first-order valence-electron chi connectivity index (χ1n) is 7.12. The largest absolute Gasteiger partial charge is 0.497 e. The lowest BCUT2D eigenvalue weighted by Gasteiger charge is -2.10. The van der Waals surface area contributed by atoms with Crippen molar-refractivity contribution in [2.75, 3.05) is 14.2 Å². The summed E-state index contributed by atoms with van der Waals surface area (Å²) in [5, 5.41) is 0. The van der Waals surface area contributed by atoms with Gasteiger partial charge < -0.3 is 9.47 Å². The lowest BCUT2D eigenvalue weighted by Crippen LogP contribution is -2.11. The predicted octanol–water partition coefficient (Wildman–Crippen LogP) is 4.30. The minimum Gasteiger partial charge on any atom is -0.497 e. The van der Waals surface area contributed by atoms with Gasteiger partial charge in [-0.3, -0.25) is 0 Å². The van der Waals surface area contributed by atoms with Crippen molar-refractivity contribution in [3.63, 3.8) is 0 Å². The monoisotopic (exact) mass is 260 g/mol. The predicted molar refractivity (Wildman–Crippen MR) is 79.4 cm³/mol. The van der Waals surface area contributed by atoms with Crippen molar-refractivity contribution >= 4 is 6.08 Å². The summed E-state index contributed by atoms with van der Waals surface area (Å²) in [6, 6.07) is 8.12. The first-order chi connectivity index (χ1) is 9.24. The summed E-state index contributed by atoms with van der Waals surface area (Å²) in [7, 11) is 3.51. The molecule has 104 valence electrons. The molecule has 2 nitrogen and oxygen atoms in total. The Morgan fingerprint density at radius 2 is 2.00 bits per heavy atom. The average Bonchev–Trinajstić information content (AvgIpc) is 3.17. The van der Waals surface area contributed by atoms with Crippen molar-refractivity contribution in [3.05, 3.63) is 35.9 Å². The lowest BCUT2D eigenvalue weighted by molar-refractivity contribution is 0.105. The Balaban J connectivity index is 1.96. The van der Waals surface area contributed by atoms with Crippen LogP contribution >= 0.6 is 0 Å². The van der Waals surface area contributed by atoms with Crippen LogP contribution in [0, 0.1) is 5.92 Å². The first-order valence-corrected chi connectivity index (χ1v) is 7.12. The van der Waals surface area contributed by atoms with Crippen LogP contribution in [-0.2, 0) is 4.74 Å². The Morgan fingerprint density at radius 3 is 2.58 bits per heavy atom. The maximum Gasteiger partial charge on any atom is 0.118 e. The van der Waals surface area contributed by atoms with Crippen molar-refractivity contribution in [2.45, 2.75) is 38.2 Å². The Kier molecular flexibility index (Phi) is 4.65. The van der Waals surface area contributed by atoms with E-state index >= 15 is 0 Å². The van der Waals surface area contributed by atoms with E-state index in [2.05, 4.69) is 31.2 Å². The zero-order valence-corrected chi connectivity index (χ0v) is 12.2. The van der Waals surface area contributed by atoms with Crippen LogP contribution < -0.4 is 4.74 Å². The van der Waals surface area contributed by atoms with Gasteiger partial charge in [0.25, 0.3) is 0 Å². The highest BCUT2D eigenvalue weighted by Gasteiger charge is 2.51. The number of ether oxygens (including phenoxy) is 2. The molecule has 0 saturated heterocycles. The molecule has 0 unspecified atom stereocenters. The number of hydrogen-bond donors (Lipinski definition) is 0. The van der Waals surface area contributed by atoms with Crippen LogP contribution in [0.1, 0.15) is 38.2 Å². The van der Waals surface area contributed by atoms with Crippen LogP contribution in [0.4, 0.5) is 0 Å². The number of benzene rings is 1. The molecule has 0 N–H and O–H groups in total. The van der Waals surface area contributed by atoms with Gasteiger partial charge >= 0.3 is 0 Å². The van der Waals surface area contributed by atoms with Crippen LogP contribution in [-0.4, -0.2) is 19.8 Å². The van der Waals surface area contributed by atoms with Crippen LogP contribution in [0.15, 0.2) is 30.3 Å². The molecule has 1 aromatic carbocycles. The fourth-order valence-corrected chi connectivity index (χ4v) is 2.60. The molecule has 1 fully saturated rings. The number of methoxy groups -OCH3 is 2. The van der Waals surface area contributed by atoms with Gasteiger partial charge in [-0.2, -0.15) is 0 Å². The van der Waals surface area contributed by atoms with E-state index in [0.717, 1.165) is 12.2 Å². The molecule has 0 bridgehead atoms. The van der Waals surface area contributed by atoms with Crippen molar-refractivity contribution in [1.82, 2.24) is 0 Å². The van der Waals surface area contributed by atoms with Gasteiger partial charge in [0.1, 0.15) is 5.75 Å². The number of hydrogen-bond acceptors (Lipinski definition) is 2. The van der Waals surface area contributed by atoms with E-state index in [9.17, 15) is 0 Å². The minimum atomic E-state index is -0.00486. The second kappa shape index (κ2) is 6.25. The molecule has 1 aromatic rings. The normalized spacial score (nSPS) is 25.7. The summed E-state index contributed by atoms with van der Waals surface area (Å²) < 4.78 is 10.9. The molecule has 0 heterocycles. The number of unbranched alkanes of at least 4 members (excludes halogenated alkanes) is 1. The Morgan fingerprint density at radius 1 is 1.26 bits per heavy atom. The summed E-state index contributed by atoms with van der Waals surface area (Å²) in [5.41, 5.74) is 1.19. The van der Waals surface area contributed by atoms with Gasteiger partial charge in [0, 0.05) is 7.11 Å². The third kappa shape index (κ3) is 3.38. The molecule has 1 aliphatic carbocycles. The molecule has 0 amide bonds. The fraction of sp³-hybridized carbons (Fsp3) is 0.529. The highest BCUT2D eigenvalue weighted by atomic mass is 16.5. The Bertz CT molecular complexity index is 421. The zero-order chi connectivity index (χ0) is 13.7. The van der Waals surface area contributed by atoms with Gasteiger partial charge in [-0.1, -0.05) is 44.1 Å². The van der Waals surface area contributed by atoms with Gasteiger partial charge in [-0.15, -0.1) is 0 Å². The quantitative estimate of drug-likeness (QED) is 0.727. The molecule has 0 aliphatic heterocycles. The minimum absolute atomic E-state index is 0.00486. The highest BCUT2D eigenvalue weighted by molar-refractivity contribution is 5.53. The van der Waals surface area contributed by atoms with E-state index < -0.39 is 0 Å². The molecule has 0 aromatic heterocycles. The van der Waals surface area contributed by atoms with Crippen molar-refractivity contribution in [1.29, 1.82) is 0 Å². The zero-order valence-electron chi connectivity index (χ0n) is 12.2. The second-order valence-corrected chi connectivity index (χ2v) is 5.31. The Labute approximate surface area is 116 Å². The first kappa shape index (κ1) is 14.1. The summed E-state index contributed by atoms with van der Waals surface area (Å²) in [5.74, 6) is 1.60.